The van der Waals surface area contributed by atoms with Crippen molar-refractivity contribution in [2.45, 2.75) is 84.7 Å². The third-order valence-corrected chi connectivity index (χ3v) is 9.17. The monoisotopic (exact) mass is 290 g/mol. The van der Waals surface area contributed by atoms with Gasteiger partial charge in [0.25, 0.3) is 0 Å². The first-order valence-electron chi connectivity index (χ1n) is 9.66. The van der Waals surface area contributed by atoms with Gasteiger partial charge < -0.3 is 5.11 Å². The summed E-state index contributed by atoms with van der Waals surface area (Å²) in [5.41, 5.74) is 0.859. The molecule has 0 spiro atoms. The first-order chi connectivity index (χ1) is 9.98. The Hall–Kier alpha value is -0.0400. The van der Waals surface area contributed by atoms with Crippen LogP contribution in [0.15, 0.2) is 0 Å². The Balaban J connectivity index is 1.67. The van der Waals surface area contributed by atoms with Gasteiger partial charge in [-0.15, -0.1) is 0 Å². The Morgan fingerprint density at radius 1 is 0.857 bits per heavy atom. The molecule has 4 aliphatic rings. The van der Waals surface area contributed by atoms with Crippen molar-refractivity contribution in [2.75, 3.05) is 0 Å². The molecule has 0 saturated heterocycles. The number of hydrogen-bond donors (Lipinski definition) is 1. The molecular weight excluding hydrogens is 256 g/mol. The minimum atomic E-state index is -0.0160. The first kappa shape index (κ1) is 14.5. The van der Waals surface area contributed by atoms with Crippen LogP contribution < -0.4 is 0 Å². The van der Waals surface area contributed by atoms with Crippen LogP contribution in [0.5, 0.6) is 0 Å². The van der Waals surface area contributed by atoms with Crippen LogP contribution in [0.4, 0.5) is 0 Å². The van der Waals surface area contributed by atoms with Gasteiger partial charge in [0.15, 0.2) is 0 Å². The minimum Gasteiger partial charge on any atom is -0.393 e. The van der Waals surface area contributed by atoms with Crippen LogP contribution >= 0.6 is 0 Å². The van der Waals surface area contributed by atoms with E-state index in [-0.39, 0.29) is 11.5 Å². The van der Waals surface area contributed by atoms with E-state index in [2.05, 4.69) is 20.8 Å². The first-order valence-corrected chi connectivity index (χ1v) is 9.66. The molecule has 8 unspecified atom stereocenters. The van der Waals surface area contributed by atoms with E-state index in [0.717, 1.165) is 36.0 Å². The Bertz CT molecular complexity index is 418. The Kier molecular flexibility index (Phi) is 3.27. The van der Waals surface area contributed by atoms with E-state index in [1.807, 2.05) is 0 Å². The topological polar surface area (TPSA) is 20.2 Å². The summed E-state index contributed by atoms with van der Waals surface area (Å²) in [6.45, 7) is 7.61. The van der Waals surface area contributed by atoms with Crippen LogP contribution in [0, 0.1) is 40.4 Å². The fraction of sp³-hybridized carbons (Fsp3) is 1.00. The van der Waals surface area contributed by atoms with Gasteiger partial charge >= 0.3 is 0 Å². The summed E-state index contributed by atoms with van der Waals surface area (Å²) >= 11 is 0. The van der Waals surface area contributed by atoms with Crippen LogP contribution in [0.2, 0.25) is 0 Å². The highest BCUT2D eigenvalue weighted by atomic mass is 16.3. The van der Waals surface area contributed by atoms with Crippen molar-refractivity contribution in [1.29, 1.82) is 0 Å². The number of aliphatic hydroxyl groups is 1. The van der Waals surface area contributed by atoms with Crippen LogP contribution in [-0.2, 0) is 0 Å². The van der Waals surface area contributed by atoms with Crippen LogP contribution in [-0.4, -0.2) is 11.2 Å². The van der Waals surface area contributed by atoms with Gasteiger partial charge in [0.1, 0.15) is 0 Å². The molecule has 0 heterocycles. The lowest BCUT2D eigenvalue weighted by molar-refractivity contribution is -0.140. The maximum absolute atomic E-state index is 10.5. The lowest BCUT2D eigenvalue weighted by Crippen LogP contribution is -2.55. The summed E-state index contributed by atoms with van der Waals surface area (Å²) in [5, 5.41) is 10.5. The molecule has 0 aromatic rings. The molecule has 0 bridgehead atoms. The van der Waals surface area contributed by atoms with Gasteiger partial charge in [-0.25, -0.2) is 0 Å². The quantitative estimate of drug-likeness (QED) is 0.663. The molecule has 4 fully saturated rings. The fourth-order valence-corrected chi connectivity index (χ4v) is 7.65. The number of rotatable bonds is 0. The van der Waals surface area contributed by atoms with Crippen molar-refractivity contribution < 1.29 is 5.11 Å². The average molecular weight is 290 g/mol. The molecule has 8 atom stereocenters. The molecule has 0 aromatic carbocycles. The van der Waals surface area contributed by atoms with Crippen molar-refractivity contribution >= 4 is 0 Å². The zero-order chi connectivity index (χ0) is 14.8. The van der Waals surface area contributed by atoms with E-state index in [1.54, 1.807) is 0 Å². The SMILES string of the molecule is CC1CCCC2CCC3C4CCC(O)C4(C)CCC3C12C. The van der Waals surface area contributed by atoms with Crippen molar-refractivity contribution in [3.05, 3.63) is 0 Å². The number of aliphatic hydroxyl groups excluding tert-OH is 1. The van der Waals surface area contributed by atoms with Gasteiger partial charge in [0.05, 0.1) is 6.10 Å². The molecule has 1 nitrogen and oxygen atoms in total. The Morgan fingerprint density at radius 3 is 2.48 bits per heavy atom. The third-order valence-electron chi connectivity index (χ3n) is 9.17. The maximum atomic E-state index is 10.5. The van der Waals surface area contributed by atoms with Gasteiger partial charge in [-0.05, 0) is 85.4 Å². The van der Waals surface area contributed by atoms with Crippen LogP contribution in [0.1, 0.15) is 78.6 Å². The van der Waals surface area contributed by atoms with Crippen LogP contribution in [0.25, 0.3) is 0 Å². The summed E-state index contributed by atoms with van der Waals surface area (Å²) in [4.78, 5) is 0. The highest BCUT2D eigenvalue weighted by Crippen LogP contribution is 2.67. The van der Waals surface area contributed by atoms with E-state index < -0.39 is 0 Å². The van der Waals surface area contributed by atoms with E-state index in [1.165, 1.54) is 51.4 Å². The zero-order valence-electron chi connectivity index (χ0n) is 14.3. The normalized spacial score (nSPS) is 60.0. The van der Waals surface area contributed by atoms with Crippen molar-refractivity contribution in [1.82, 2.24) is 0 Å². The summed E-state index contributed by atoms with van der Waals surface area (Å²) < 4.78 is 0. The number of fused-ring (bicyclic) bond motifs is 5. The van der Waals surface area contributed by atoms with Crippen molar-refractivity contribution in [3.8, 4) is 0 Å². The highest BCUT2D eigenvalue weighted by Gasteiger charge is 2.60. The maximum Gasteiger partial charge on any atom is 0.0596 e. The summed E-state index contributed by atoms with van der Waals surface area (Å²) in [6, 6.07) is 0. The molecule has 0 amide bonds. The predicted octanol–water partition coefficient (Wildman–Crippen LogP) is 5.03. The highest BCUT2D eigenvalue weighted by molar-refractivity contribution is 5.09. The van der Waals surface area contributed by atoms with E-state index in [9.17, 15) is 5.11 Å². The van der Waals surface area contributed by atoms with Gasteiger partial charge in [-0.3, -0.25) is 0 Å². The minimum absolute atomic E-state index is 0.0160. The Labute approximate surface area is 130 Å². The molecule has 1 N–H and O–H groups in total. The second-order valence-electron chi connectivity index (χ2n) is 9.49. The largest absolute Gasteiger partial charge is 0.393 e. The van der Waals surface area contributed by atoms with E-state index >= 15 is 0 Å². The second kappa shape index (κ2) is 4.73. The molecule has 4 aliphatic carbocycles. The zero-order valence-corrected chi connectivity index (χ0v) is 14.3. The van der Waals surface area contributed by atoms with E-state index in [0.29, 0.717) is 5.41 Å². The van der Waals surface area contributed by atoms with Crippen molar-refractivity contribution in [2.24, 2.45) is 40.4 Å². The molecular formula is C20H34O. The summed E-state index contributed by atoms with van der Waals surface area (Å²) in [5.74, 6) is 4.61. The predicted molar refractivity (Wildman–Crippen MR) is 86.9 cm³/mol. The Morgan fingerprint density at radius 2 is 1.67 bits per heavy atom. The molecule has 21 heavy (non-hydrogen) atoms. The molecule has 0 aliphatic heterocycles. The van der Waals surface area contributed by atoms with Gasteiger partial charge in [-0.1, -0.05) is 33.6 Å². The fourth-order valence-electron chi connectivity index (χ4n) is 7.65. The lowest BCUT2D eigenvalue weighted by Gasteiger charge is -2.62. The second-order valence-corrected chi connectivity index (χ2v) is 9.49. The van der Waals surface area contributed by atoms with Gasteiger partial charge in [-0.2, -0.15) is 0 Å². The van der Waals surface area contributed by atoms with Crippen LogP contribution in [0.3, 0.4) is 0 Å². The summed E-state index contributed by atoms with van der Waals surface area (Å²) in [7, 11) is 0. The summed E-state index contributed by atoms with van der Waals surface area (Å²) in [6.07, 6.45) is 12.4. The molecule has 4 rings (SSSR count). The van der Waals surface area contributed by atoms with Gasteiger partial charge in [0.2, 0.25) is 0 Å². The number of hydrogen-bond acceptors (Lipinski definition) is 1. The molecule has 1 heteroatoms. The molecule has 0 aromatic heterocycles. The molecule has 0 radical (unpaired) electrons. The van der Waals surface area contributed by atoms with E-state index in [4.69, 9.17) is 0 Å². The van der Waals surface area contributed by atoms with Gasteiger partial charge in [0, 0.05) is 0 Å². The standard InChI is InChI=1S/C20H34O/c1-13-5-4-6-14-7-8-15-16-9-10-18(21)19(16,2)12-11-17(15)20(13,14)3/h13-18,21H,4-12H2,1-3H3. The van der Waals surface area contributed by atoms with Crippen molar-refractivity contribution in [3.63, 3.8) is 0 Å². The molecule has 4 saturated carbocycles. The smallest absolute Gasteiger partial charge is 0.0596 e. The molecule has 120 valence electrons. The third kappa shape index (κ3) is 1.79. The lowest BCUT2D eigenvalue weighted by atomic mass is 9.43. The average Bonchev–Trinajstić information content (AvgIpc) is 2.76.